The van der Waals surface area contributed by atoms with Gasteiger partial charge in [0.25, 0.3) is 0 Å². The number of hydrogen-bond acceptors (Lipinski definition) is 2. The van der Waals surface area contributed by atoms with E-state index in [-0.39, 0.29) is 6.10 Å². The van der Waals surface area contributed by atoms with E-state index in [0.29, 0.717) is 6.04 Å². The lowest BCUT2D eigenvalue weighted by Gasteiger charge is -2.45. The van der Waals surface area contributed by atoms with Crippen LogP contribution in [0.1, 0.15) is 71.6 Å². The second-order valence-corrected chi connectivity index (χ2v) is 6.34. The van der Waals surface area contributed by atoms with Gasteiger partial charge in [-0.3, -0.25) is 4.90 Å². The molecule has 0 aromatic rings. The maximum absolute atomic E-state index is 10.4. The van der Waals surface area contributed by atoms with E-state index in [2.05, 4.69) is 18.7 Å². The molecule has 0 bridgehead atoms. The fourth-order valence-corrected chi connectivity index (χ4v) is 4.12. The first kappa shape index (κ1) is 14.3. The van der Waals surface area contributed by atoms with Crippen molar-refractivity contribution in [1.82, 2.24) is 4.90 Å². The van der Waals surface area contributed by atoms with Gasteiger partial charge in [0.1, 0.15) is 0 Å². The SMILES string of the molecule is CCC1CCC(O)C(N(CC)C2CCCCC2)C1. The monoisotopic (exact) mass is 253 g/mol. The van der Waals surface area contributed by atoms with Crippen molar-refractivity contribution in [1.29, 1.82) is 0 Å². The summed E-state index contributed by atoms with van der Waals surface area (Å²) in [7, 11) is 0. The Hall–Kier alpha value is -0.0800. The minimum atomic E-state index is -0.0744. The summed E-state index contributed by atoms with van der Waals surface area (Å²) in [5.41, 5.74) is 0. The molecule has 3 unspecified atom stereocenters. The molecule has 2 aliphatic rings. The number of aliphatic hydroxyl groups excluding tert-OH is 1. The van der Waals surface area contributed by atoms with Gasteiger partial charge in [-0.2, -0.15) is 0 Å². The Kier molecular flexibility index (Phi) is 5.50. The number of aliphatic hydroxyl groups is 1. The number of nitrogens with zero attached hydrogens (tertiary/aromatic N) is 1. The van der Waals surface area contributed by atoms with Crippen LogP contribution in [0.4, 0.5) is 0 Å². The first-order chi connectivity index (χ1) is 8.76. The summed E-state index contributed by atoms with van der Waals surface area (Å²) in [5.74, 6) is 0.844. The Morgan fingerprint density at radius 2 is 1.72 bits per heavy atom. The molecule has 0 aromatic heterocycles. The molecule has 2 fully saturated rings. The van der Waals surface area contributed by atoms with Crippen molar-refractivity contribution in [2.45, 2.75) is 89.8 Å². The minimum absolute atomic E-state index is 0.0744. The van der Waals surface area contributed by atoms with Crippen LogP contribution in [-0.2, 0) is 0 Å². The highest BCUT2D eigenvalue weighted by atomic mass is 16.3. The third-order valence-corrected chi connectivity index (χ3v) is 5.30. The molecule has 2 saturated carbocycles. The number of likely N-dealkylation sites (N-methyl/N-ethyl adjacent to an activating group) is 1. The highest BCUT2D eigenvalue weighted by Gasteiger charge is 2.35. The van der Waals surface area contributed by atoms with E-state index < -0.39 is 0 Å². The highest BCUT2D eigenvalue weighted by Crippen LogP contribution is 2.33. The topological polar surface area (TPSA) is 23.5 Å². The van der Waals surface area contributed by atoms with Crippen molar-refractivity contribution in [3.63, 3.8) is 0 Å². The summed E-state index contributed by atoms with van der Waals surface area (Å²) in [4.78, 5) is 2.64. The number of rotatable bonds is 4. The van der Waals surface area contributed by atoms with Crippen molar-refractivity contribution in [2.75, 3.05) is 6.54 Å². The standard InChI is InChI=1S/C16H31NO/c1-3-13-10-11-16(18)15(12-13)17(4-2)14-8-6-5-7-9-14/h13-16,18H,3-12H2,1-2H3. The molecular formula is C16H31NO. The maximum atomic E-state index is 10.4. The molecular weight excluding hydrogens is 222 g/mol. The van der Waals surface area contributed by atoms with Crippen LogP contribution in [0.25, 0.3) is 0 Å². The second-order valence-electron chi connectivity index (χ2n) is 6.34. The summed E-state index contributed by atoms with van der Waals surface area (Å²) in [6, 6.07) is 1.19. The van der Waals surface area contributed by atoms with E-state index in [4.69, 9.17) is 0 Å². The fourth-order valence-electron chi connectivity index (χ4n) is 4.12. The summed E-state index contributed by atoms with van der Waals surface area (Å²) in [6.07, 6.45) is 11.6. The van der Waals surface area contributed by atoms with Gasteiger partial charge in [-0.05, 0) is 44.6 Å². The summed E-state index contributed by atoms with van der Waals surface area (Å²) < 4.78 is 0. The normalized spacial score (nSPS) is 35.0. The minimum Gasteiger partial charge on any atom is -0.391 e. The molecule has 0 saturated heterocycles. The van der Waals surface area contributed by atoms with Gasteiger partial charge in [0.2, 0.25) is 0 Å². The van der Waals surface area contributed by atoms with Gasteiger partial charge in [0.05, 0.1) is 6.10 Å². The Bertz CT molecular complexity index is 237. The molecule has 106 valence electrons. The van der Waals surface area contributed by atoms with Gasteiger partial charge in [-0.15, -0.1) is 0 Å². The molecule has 3 atom stereocenters. The van der Waals surface area contributed by atoms with Crippen LogP contribution in [0.5, 0.6) is 0 Å². The van der Waals surface area contributed by atoms with Crippen LogP contribution in [0.15, 0.2) is 0 Å². The average molecular weight is 253 g/mol. The Balaban J connectivity index is 1.99. The van der Waals surface area contributed by atoms with Gasteiger partial charge in [-0.25, -0.2) is 0 Å². The summed E-state index contributed by atoms with van der Waals surface area (Å²) in [6.45, 7) is 5.69. The predicted molar refractivity (Wildman–Crippen MR) is 76.7 cm³/mol. The summed E-state index contributed by atoms with van der Waals surface area (Å²) >= 11 is 0. The lowest BCUT2D eigenvalue weighted by molar-refractivity contribution is -0.0216. The van der Waals surface area contributed by atoms with Crippen LogP contribution in [-0.4, -0.2) is 34.7 Å². The lowest BCUT2D eigenvalue weighted by Crippen LogP contribution is -2.52. The lowest BCUT2D eigenvalue weighted by atomic mass is 9.80. The molecule has 0 heterocycles. The third kappa shape index (κ3) is 3.27. The molecule has 2 heteroatoms. The molecule has 2 aliphatic carbocycles. The van der Waals surface area contributed by atoms with Gasteiger partial charge >= 0.3 is 0 Å². The molecule has 0 aliphatic heterocycles. The van der Waals surface area contributed by atoms with Crippen LogP contribution in [0.2, 0.25) is 0 Å². The zero-order chi connectivity index (χ0) is 13.0. The van der Waals surface area contributed by atoms with Gasteiger partial charge in [0, 0.05) is 12.1 Å². The van der Waals surface area contributed by atoms with Crippen molar-refractivity contribution in [3.05, 3.63) is 0 Å². The van der Waals surface area contributed by atoms with Crippen LogP contribution >= 0.6 is 0 Å². The van der Waals surface area contributed by atoms with E-state index in [9.17, 15) is 5.11 Å². The number of hydrogen-bond donors (Lipinski definition) is 1. The molecule has 0 radical (unpaired) electrons. The Morgan fingerprint density at radius 1 is 1.00 bits per heavy atom. The Morgan fingerprint density at radius 3 is 2.33 bits per heavy atom. The zero-order valence-electron chi connectivity index (χ0n) is 12.3. The quantitative estimate of drug-likeness (QED) is 0.828. The van der Waals surface area contributed by atoms with Crippen molar-refractivity contribution >= 4 is 0 Å². The zero-order valence-corrected chi connectivity index (χ0v) is 12.3. The van der Waals surface area contributed by atoms with E-state index in [0.717, 1.165) is 24.9 Å². The molecule has 2 nitrogen and oxygen atoms in total. The Labute approximate surface area is 113 Å². The molecule has 0 amide bonds. The second kappa shape index (κ2) is 6.91. The highest BCUT2D eigenvalue weighted by molar-refractivity contribution is 4.90. The van der Waals surface area contributed by atoms with Gasteiger partial charge in [0.15, 0.2) is 0 Å². The van der Waals surface area contributed by atoms with E-state index in [1.54, 1.807) is 0 Å². The predicted octanol–water partition coefficient (Wildman–Crippen LogP) is 3.58. The van der Waals surface area contributed by atoms with Crippen LogP contribution < -0.4 is 0 Å². The summed E-state index contributed by atoms with van der Waals surface area (Å²) in [5, 5.41) is 10.4. The van der Waals surface area contributed by atoms with Crippen molar-refractivity contribution in [2.24, 2.45) is 5.92 Å². The first-order valence-electron chi connectivity index (χ1n) is 8.20. The molecule has 0 aromatic carbocycles. The average Bonchev–Trinajstić information content (AvgIpc) is 2.43. The van der Waals surface area contributed by atoms with Gasteiger partial charge < -0.3 is 5.11 Å². The largest absolute Gasteiger partial charge is 0.391 e. The molecule has 0 spiro atoms. The van der Waals surface area contributed by atoms with Crippen LogP contribution in [0, 0.1) is 5.92 Å². The van der Waals surface area contributed by atoms with Crippen molar-refractivity contribution < 1.29 is 5.11 Å². The van der Waals surface area contributed by atoms with Gasteiger partial charge in [-0.1, -0.05) is 39.5 Å². The van der Waals surface area contributed by atoms with E-state index >= 15 is 0 Å². The van der Waals surface area contributed by atoms with E-state index in [1.807, 2.05) is 0 Å². The van der Waals surface area contributed by atoms with E-state index in [1.165, 1.54) is 51.4 Å². The van der Waals surface area contributed by atoms with Crippen molar-refractivity contribution in [3.8, 4) is 0 Å². The smallest absolute Gasteiger partial charge is 0.0695 e. The third-order valence-electron chi connectivity index (χ3n) is 5.30. The fraction of sp³-hybridized carbons (Fsp3) is 1.00. The van der Waals surface area contributed by atoms with Crippen LogP contribution in [0.3, 0.4) is 0 Å². The molecule has 1 N–H and O–H groups in total. The maximum Gasteiger partial charge on any atom is 0.0695 e. The first-order valence-corrected chi connectivity index (χ1v) is 8.20. The molecule has 2 rings (SSSR count). The molecule has 18 heavy (non-hydrogen) atoms.